The van der Waals surface area contributed by atoms with Gasteiger partial charge in [-0.1, -0.05) is 23.8 Å². The van der Waals surface area contributed by atoms with Crippen LogP contribution in [0.1, 0.15) is 41.4 Å². The number of aromatic hydroxyl groups is 2. The van der Waals surface area contributed by atoms with Gasteiger partial charge in [-0.2, -0.15) is 0 Å². The topological polar surface area (TPSA) is 45.4 Å². The number of hydrogen-bond acceptors (Lipinski definition) is 2. The molecule has 2 bridgehead atoms. The molecule has 0 spiro atoms. The van der Waals surface area contributed by atoms with Gasteiger partial charge in [0.2, 0.25) is 11.8 Å². The normalized spacial score (nSPS) is 22.6. The van der Waals surface area contributed by atoms with Crippen molar-refractivity contribution in [1.29, 1.82) is 0 Å². The molecule has 0 saturated heterocycles. The Morgan fingerprint density at radius 2 is 1.62 bits per heavy atom. The molecule has 3 aliphatic rings. The van der Waals surface area contributed by atoms with E-state index in [-0.39, 0.29) is 23.6 Å². The number of nitrogens with zero attached hydrogens (tertiary/aromatic N) is 1. The first-order valence-electron chi connectivity index (χ1n) is 7.19. The third kappa shape index (κ3) is 1.67. The van der Waals surface area contributed by atoms with Gasteiger partial charge in [-0.25, -0.2) is 0 Å². The number of allylic oxidation sites excluding steroid dienone is 2. The van der Waals surface area contributed by atoms with Gasteiger partial charge in [-0.05, 0) is 43.5 Å². The molecule has 2 atom stereocenters. The van der Waals surface area contributed by atoms with Crippen LogP contribution in [0.2, 0.25) is 5.02 Å². The van der Waals surface area contributed by atoms with E-state index in [1.807, 2.05) is 19.1 Å². The van der Waals surface area contributed by atoms with Crippen LogP contribution in [0.15, 0.2) is 30.4 Å². The number of aryl methyl sites for hydroxylation is 1. The predicted molar refractivity (Wildman–Crippen MR) is 82.7 cm³/mol. The van der Waals surface area contributed by atoms with Gasteiger partial charge in [0, 0.05) is 28.0 Å². The Bertz CT molecular complexity index is 738. The lowest BCUT2D eigenvalue weighted by Crippen LogP contribution is -2.15. The van der Waals surface area contributed by atoms with E-state index in [2.05, 4.69) is 12.2 Å². The Morgan fingerprint density at radius 1 is 1.05 bits per heavy atom. The lowest BCUT2D eigenvalue weighted by Gasteiger charge is -2.30. The quantitative estimate of drug-likeness (QED) is 0.768. The third-order valence-corrected chi connectivity index (χ3v) is 5.13. The summed E-state index contributed by atoms with van der Waals surface area (Å²) in [5.41, 5.74) is 3.43. The molecule has 1 aromatic carbocycles. The van der Waals surface area contributed by atoms with Gasteiger partial charge in [0.1, 0.15) is 0 Å². The second kappa shape index (κ2) is 4.31. The molecule has 0 radical (unpaired) electrons. The van der Waals surface area contributed by atoms with Crippen LogP contribution in [-0.4, -0.2) is 14.8 Å². The minimum absolute atomic E-state index is 0.156. The van der Waals surface area contributed by atoms with Crippen LogP contribution in [0.3, 0.4) is 0 Å². The summed E-state index contributed by atoms with van der Waals surface area (Å²) in [6.45, 7) is 1.91. The molecule has 0 amide bonds. The van der Waals surface area contributed by atoms with Gasteiger partial charge in [-0.3, -0.25) is 4.57 Å². The van der Waals surface area contributed by atoms with Gasteiger partial charge in [0.15, 0.2) is 0 Å². The highest BCUT2D eigenvalue weighted by molar-refractivity contribution is 6.31. The minimum atomic E-state index is 0.156. The molecule has 2 N–H and O–H groups in total. The number of rotatable bonds is 1. The molecule has 1 heterocycles. The van der Waals surface area contributed by atoms with Crippen LogP contribution in [0.5, 0.6) is 11.8 Å². The molecular formula is C17H16ClNO2. The van der Waals surface area contributed by atoms with Crippen molar-refractivity contribution in [2.24, 2.45) is 0 Å². The molecule has 1 aromatic heterocycles. The first kappa shape index (κ1) is 12.8. The maximum atomic E-state index is 10.6. The number of aromatic nitrogens is 1. The number of fused-ring (bicyclic) bond motifs is 1. The summed E-state index contributed by atoms with van der Waals surface area (Å²) in [5, 5.41) is 21.9. The van der Waals surface area contributed by atoms with Crippen molar-refractivity contribution in [3.8, 4) is 17.4 Å². The molecule has 3 aliphatic carbocycles. The van der Waals surface area contributed by atoms with Crippen molar-refractivity contribution < 1.29 is 10.2 Å². The second-order valence-electron chi connectivity index (χ2n) is 5.92. The maximum Gasteiger partial charge on any atom is 0.202 e. The molecule has 0 saturated carbocycles. The van der Waals surface area contributed by atoms with E-state index in [0.717, 1.165) is 35.2 Å². The minimum Gasteiger partial charge on any atom is -0.494 e. The smallest absolute Gasteiger partial charge is 0.202 e. The first-order chi connectivity index (χ1) is 10.1. The van der Waals surface area contributed by atoms with Crippen LogP contribution in [0, 0.1) is 6.92 Å². The summed E-state index contributed by atoms with van der Waals surface area (Å²) >= 11 is 6.06. The summed E-state index contributed by atoms with van der Waals surface area (Å²) in [6.07, 6.45) is 6.36. The summed E-state index contributed by atoms with van der Waals surface area (Å²) in [5.74, 6) is 0.739. The van der Waals surface area contributed by atoms with Gasteiger partial charge in [0.25, 0.3) is 0 Å². The van der Waals surface area contributed by atoms with E-state index in [9.17, 15) is 10.2 Å². The van der Waals surface area contributed by atoms with E-state index < -0.39 is 0 Å². The van der Waals surface area contributed by atoms with Crippen molar-refractivity contribution in [2.75, 3.05) is 0 Å². The van der Waals surface area contributed by atoms with Crippen molar-refractivity contribution in [2.45, 2.75) is 31.6 Å². The molecule has 0 unspecified atom stereocenters. The zero-order chi connectivity index (χ0) is 14.7. The maximum absolute atomic E-state index is 10.6. The molecule has 108 valence electrons. The van der Waals surface area contributed by atoms with Crippen LogP contribution >= 0.6 is 11.6 Å². The van der Waals surface area contributed by atoms with Crippen LogP contribution in [0.25, 0.3) is 5.69 Å². The fourth-order valence-corrected chi connectivity index (χ4v) is 3.74. The Labute approximate surface area is 128 Å². The van der Waals surface area contributed by atoms with E-state index in [1.54, 1.807) is 6.07 Å². The van der Waals surface area contributed by atoms with Crippen molar-refractivity contribution in [3.05, 3.63) is 52.1 Å². The monoisotopic (exact) mass is 301 g/mol. The largest absolute Gasteiger partial charge is 0.494 e. The zero-order valence-electron chi connectivity index (χ0n) is 11.7. The van der Waals surface area contributed by atoms with Crippen LogP contribution < -0.4 is 0 Å². The van der Waals surface area contributed by atoms with Gasteiger partial charge >= 0.3 is 0 Å². The SMILES string of the molecule is Cc1cc(-n2c(O)c3c(c2O)[C@H]2C=C[C@@H]3CC2)ccc1Cl. The highest BCUT2D eigenvalue weighted by atomic mass is 35.5. The number of hydrogen-bond donors (Lipinski definition) is 2. The lowest BCUT2D eigenvalue weighted by atomic mass is 9.73. The molecular weight excluding hydrogens is 286 g/mol. The molecule has 3 nitrogen and oxygen atoms in total. The fraction of sp³-hybridized carbons (Fsp3) is 0.294. The number of benzene rings is 1. The Morgan fingerprint density at radius 3 is 2.10 bits per heavy atom. The molecule has 5 rings (SSSR count). The second-order valence-corrected chi connectivity index (χ2v) is 6.33. The predicted octanol–water partition coefficient (Wildman–Crippen LogP) is 4.38. The summed E-state index contributed by atoms with van der Waals surface area (Å²) in [6, 6.07) is 5.48. The average molecular weight is 302 g/mol. The lowest BCUT2D eigenvalue weighted by molar-refractivity contribution is 0.399. The Balaban J connectivity index is 1.96. The first-order valence-corrected chi connectivity index (χ1v) is 7.57. The molecule has 2 aromatic rings. The highest BCUT2D eigenvalue weighted by Gasteiger charge is 2.37. The standard InChI is InChI=1S/C17H16ClNO2/c1-9-8-12(6-7-13(9)18)19-16(20)14-10-2-3-11(5-4-10)15(14)17(19)21/h2-3,6-8,10-11,20-21H,4-5H2,1H3/t10-,11+. The van der Waals surface area contributed by atoms with Crippen LogP contribution in [-0.2, 0) is 0 Å². The molecule has 4 heteroatoms. The molecule has 0 fully saturated rings. The third-order valence-electron chi connectivity index (χ3n) is 4.70. The molecule has 0 aliphatic heterocycles. The van der Waals surface area contributed by atoms with E-state index >= 15 is 0 Å². The summed E-state index contributed by atoms with van der Waals surface area (Å²) in [7, 11) is 0. The molecule has 21 heavy (non-hydrogen) atoms. The number of halogens is 1. The summed E-state index contributed by atoms with van der Waals surface area (Å²) in [4.78, 5) is 0. The highest BCUT2D eigenvalue weighted by Crippen LogP contribution is 2.54. The van der Waals surface area contributed by atoms with Crippen molar-refractivity contribution >= 4 is 11.6 Å². The van der Waals surface area contributed by atoms with E-state index in [4.69, 9.17) is 11.6 Å². The van der Waals surface area contributed by atoms with Gasteiger partial charge in [-0.15, -0.1) is 0 Å². The van der Waals surface area contributed by atoms with Crippen molar-refractivity contribution in [1.82, 2.24) is 4.57 Å². The summed E-state index contributed by atoms with van der Waals surface area (Å²) < 4.78 is 1.53. The zero-order valence-corrected chi connectivity index (χ0v) is 12.4. The Hall–Kier alpha value is -1.87. The Kier molecular flexibility index (Phi) is 2.64. The van der Waals surface area contributed by atoms with Gasteiger partial charge in [0.05, 0.1) is 5.69 Å². The van der Waals surface area contributed by atoms with E-state index in [1.165, 1.54) is 4.57 Å². The van der Waals surface area contributed by atoms with Gasteiger partial charge < -0.3 is 10.2 Å². The van der Waals surface area contributed by atoms with E-state index in [0.29, 0.717) is 5.02 Å². The fourth-order valence-electron chi connectivity index (χ4n) is 3.63. The van der Waals surface area contributed by atoms with Crippen LogP contribution in [0.4, 0.5) is 0 Å². The average Bonchev–Trinajstić information content (AvgIpc) is 2.78. The van der Waals surface area contributed by atoms with Crippen molar-refractivity contribution in [3.63, 3.8) is 0 Å².